The molecular weight excluding hydrogens is 364 g/mol. The fraction of sp³-hybridized carbons (Fsp3) is 0. The zero-order valence-electron chi connectivity index (χ0n) is 13.6. The number of aromatic hydroxyl groups is 1. The minimum atomic E-state index is 0.248. The van der Waals surface area contributed by atoms with Crippen molar-refractivity contribution >= 4 is 38.1 Å². The zero-order chi connectivity index (χ0) is 17.7. The number of hydrogen-bond acceptors (Lipinski definition) is 3. The molecule has 1 N–H and O–H groups in total. The van der Waals surface area contributed by atoms with E-state index in [9.17, 15) is 5.11 Å². The van der Waals surface area contributed by atoms with Gasteiger partial charge < -0.3 is 5.11 Å². The number of hydrogen-bond donors (Lipinski definition) is 1. The van der Waals surface area contributed by atoms with Gasteiger partial charge in [0.1, 0.15) is 5.75 Å². The van der Waals surface area contributed by atoms with Crippen LogP contribution in [0.25, 0.3) is 37.7 Å². The molecule has 26 heavy (non-hydrogen) atoms. The van der Waals surface area contributed by atoms with E-state index in [-0.39, 0.29) is 5.75 Å². The van der Waals surface area contributed by atoms with Gasteiger partial charge in [-0.1, -0.05) is 47.2 Å². The summed E-state index contributed by atoms with van der Waals surface area (Å²) in [6.07, 6.45) is 0. The molecule has 0 radical (unpaired) electrons. The van der Waals surface area contributed by atoms with Crippen molar-refractivity contribution in [2.45, 2.75) is 0 Å². The highest BCUT2D eigenvalue weighted by molar-refractivity contribution is 7.23. The number of thiazole rings is 1. The van der Waals surface area contributed by atoms with E-state index in [1.165, 1.54) is 4.70 Å². The molecule has 5 aromatic rings. The molecule has 3 nitrogen and oxygen atoms in total. The molecule has 0 aliphatic carbocycles. The van der Waals surface area contributed by atoms with Gasteiger partial charge in [0.05, 0.1) is 21.6 Å². The van der Waals surface area contributed by atoms with Crippen LogP contribution < -0.4 is 0 Å². The largest absolute Gasteiger partial charge is 0.508 e. The Bertz CT molecular complexity index is 1240. The molecule has 2 aromatic heterocycles. The molecule has 3 aromatic carbocycles. The third-order valence-corrected chi connectivity index (χ3v) is 5.69. The third-order valence-electron chi connectivity index (χ3n) is 4.41. The lowest BCUT2D eigenvalue weighted by molar-refractivity contribution is 0.475. The Morgan fingerprint density at radius 2 is 1.54 bits per heavy atom. The van der Waals surface area contributed by atoms with Crippen LogP contribution in [0.3, 0.4) is 0 Å². The summed E-state index contributed by atoms with van der Waals surface area (Å²) < 4.78 is 3.38. The van der Waals surface area contributed by atoms with Crippen molar-refractivity contribution < 1.29 is 5.11 Å². The number of fused-ring (bicyclic) bond motifs is 3. The fourth-order valence-corrected chi connectivity index (χ4v) is 4.36. The minimum Gasteiger partial charge on any atom is -0.508 e. The Hall–Kier alpha value is -2.82. The van der Waals surface area contributed by atoms with Gasteiger partial charge in [-0.2, -0.15) is 0 Å². The van der Waals surface area contributed by atoms with Crippen LogP contribution in [0.15, 0.2) is 72.8 Å². The molecule has 0 aliphatic rings. The van der Waals surface area contributed by atoms with Gasteiger partial charge >= 0.3 is 0 Å². The van der Waals surface area contributed by atoms with Crippen molar-refractivity contribution in [1.29, 1.82) is 0 Å². The number of benzene rings is 3. The number of phenolic OH excluding ortho intramolecular Hbond substituents is 1. The molecule has 0 atom stereocenters. The lowest BCUT2D eigenvalue weighted by Crippen LogP contribution is -1.89. The van der Waals surface area contributed by atoms with E-state index in [1.807, 2.05) is 48.5 Å². The number of rotatable bonds is 2. The van der Waals surface area contributed by atoms with Crippen LogP contribution in [0.2, 0.25) is 5.02 Å². The predicted molar refractivity (Wildman–Crippen MR) is 108 cm³/mol. The number of aromatic nitrogens is 2. The van der Waals surface area contributed by atoms with E-state index < -0.39 is 0 Å². The van der Waals surface area contributed by atoms with E-state index in [0.717, 1.165) is 33.0 Å². The van der Waals surface area contributed by atoms with Crippen LogP contribution in [0.5, 0.6) is 5.75 Å². The van der Waals surface area contributed by atoms with Crippen molar-refractivity contribution in [1.82, 2.24) is 9.38 Å². The van der Waals surface area contributed by atoms with Crippen LogP contribution in [0.4, 0.5) is 0 Å². The second-order valence-corrected chi connectivity index (χ2v) is 7.50. The second kappa shape index (κ2) is 5.87. The Morgan fingerprint density at radius 3 is 2.31 bits per heavy atom. The summed E-state index contributed by atoms with van der Waals surface area (Å²) in [5.41, 5.74) is 5.06. The van der Waals surface area contributed by atoms with Crippen LogP contribution >= 0.6 is 22.9 Å². The van der Waals surface area contributed by atoms with E-state index >= 15 is 0 Å². The smallest absolute Gasteiger partial charge is 0.195 e. The van der Waals surface area contributed by atoms with Gasteiger partial charge in [0, 0.05) is 16.1 Å². The number of phenols is 1. The molecule has 5 heteroatoms. The van der Waals surface area contributed by atoms with Crippen LogP contribution in [-0.2, 0) is 0 Å². The van der Waals surface area contributed by atoms with Crippen LogP contribution in [0.1, 0.15) is 0 Å². The Labute approximate surface area is 158 Å². The Balaban J connectivity index is 1.88. The summed E-state index contributed by atoms with van der Waals surface area (Å²) in [5.74, 6) is 0.248. The molecule has 0 aliphatic heterocycles. The maximum atomic E-state index is 9.68. The monoisotopic (exact) mass is 376 g/mol. The third kappa shape index (κ3) is 2.38. The zero-order valence-corrected chi connectivity index (χ0v) is 15.1. The Kier molecular flexibility index (Phi) is 3.48. The molecule has 0 fully saturated rings. The maximum absolute atomic E-state index is 9.68. The standard InChI is InChI=1S/C21H13ClN2OS/c22-15-9-5-13(6-10-15)19-20(14-7-11-16(25)12-8-14)24-17-3-1-2-4-18(17)26-21(24)23-19/h1-12,25H. The first kappa shape index (κ1) is 15.4. The SMILES string of the molecule is Oc1ccc(-c2c(-c3ccc(Cl)cc3)nc3sc4ccccc4n23)cc1. The fourth-order valence-electron chi connectivity index (χ4n) is 3.21. The van der Waals surface area contributed by atoms with Crippen LogP contribution in [0, 0.1) is 0 Å². The first-order valence-corrected chi connectivity index (χ1v) is 9.35. The number of imidazole rings is 1. The van der Waals surface area contributed by atoms with Gasteiger partial charge in [-0.3, -0.25) is 4.40 Å². The predicted octanol–water partition coefficient (Wildman–Crippen LogP) is 6.24. The van der Waals surface area contributed by atoms with Gasteiger partial charge in [0.2, 0.25) is 0 Å². The molecule has 0 bridgehead atoms. The molecule has 0 unspecified atom stereocenters. The lowest BCUT2D eigenvalue weighted by Gasteiger charge is -2.06. The summed E-state index contributed by atoms with van der Waals surface area (Å²) in [7, 11) is 0. The van der Waals surface area contributed by atoms with Crippen molar-refractivity contribution in [3.63, 3.8) is 0 Å². The van der Waals surface area contributed by atoms with Gasteiger partial charge in [0.15, 0.2) is 4.96 Å². The molecular formula is C21H13ClN2OS. The van der Waals surface area contributed by atoms with Crippen molar-refractivity contribution in [2.75, 3.05) is 0 Å². The van der Waals surface area contributed by atoms with Crippen molar-refractivity contribution in [2.24, 2.45) is 0 Å². The van der Waals surface area contributed by atoms with Gasteiger partial charge in [-0.05, 0) is 48.5 Å². The molecule has 0 amide bonds. The van der Waals surface area contributed by atoms with Crippen molar-refractivity contribution in [3.8, 4) is 28.3 Å². The first-order valence-electron chi connectivity index (χ1n) is 8.16. The van der Waals surface area contributed by atoms with Gasteiger partial charge in [0.25, 0.3) is 0 Å². The topological polar surface area (TPSA) is 37.5 Å². The Morgan fingerprint density at radius 1 is 0.846 bits per heavy atom. The highest BCUT2D eigenvalue weighted by Crippen LogP contribution is 2.38. The molecule has 0 spiro atoms. The van der Waals surface area contributed by atoms with Crippen LogP contribution in [-0.4, -0.2) is 14.5 Å². The minimum absolute atomic E-state index is 0.248. The normalized spacial score (nSPS) is 11.4. The molecule has 0 saturated heterocycles. The first-order chi connectivity index (χ1) is 12.7. The quantitative estimate of drug-likeness (QED) is 0.396. The number of halogens is 1. The van der Waals surface area contributed by atoms with E-state index in [2.05, 4.69) is 16.5 Å². The summed E-state index contributed by atoms with van der Waals surface area (Å²) in [6, 6.07) is 23.3. The molecule has 5 rings (SSSR count). The molecule has 2 heterocycles. The highest BCUT2D eigenvalue weighted by Gasteiger charge is 2.19. The average molecular weight is 377 g/mol. The number of para-hydroxylation sites is 1. The average Bonchev–Trinajstić information content (AvgIpc) is 3.19. The van der Waals surface area contributed by atoms with E-state index in [4.69, 9.17) is 16.6 Å². The molecule has 126 valence electrons. The summed E-state index contributed by atoms with van der Waals surface area (Å²) in [4.78, 5) is 5.87. The molecule has 0 saturated carbocycles. The van der Waals surface area contributed by atoms with E-state index in [0.29, 0.717) is 5.02 Å². The number of nitrogens with zero attached hydrogens (tertiary/aromatic N) is 2. The second-order valence-electron chi connectivity index (χ2n) is 6.05. The lowest BCUT2D eigenvalue weighted by atomic mass is 10.0. The highest BCUT2D eigenvalue weighted by atomic mass is 35.5. The van der Waals surface area contributed by atoms with E-state index in [1.54, 1.807) is 23.5 Å². The van der Waals surface area contributed by atoms with Crippen molar-refractivity contribution in [3.05, 3.63) is 77.8 Å². The summed E-state index contributed by atoms with van der Waals surface area (Å²) in [5, 5.41) is 10.4. The summed E-state index contributed by atoms with van der Waals surface area (Å²) in [6.45, 7) is 0. The summed E-state index contributed by atoms with van der Waals surface area (Å²) >= 11 is 7.73. The van der Waals surface area contributed by atoms with Gasteiger partial charge in [-0.25, -0.2) is 4.98 Å². The maximum Gasteiger partial charge on any atom is 0.195 e. The van der Waals surface area contributed by atoms with Gasteiger partial charge in [-0.15, -0.1) is 0 Å².